The summed E-state index contributed by atoms with van der Waals surface area (Å²) in [7, 11) is 0. The Bertz CT molecular complexity index is 183. The van der Waals surface area contributed by atoms with Crippen molar-refractivity contribution in [3.05, 3.63) is 0 Å². The predicted molar refractivity (Wildman–Crippen MR) is 58.4 cm³/mol. The summed E-state index contributed by atoms with van der Waals surface area (Å²) in [6.07, 6.45) is 1.58. The molecular weight excluding hydrogens is 202 g/mol. The molecule has 14 heavy (non-hydrogen) atoms. The van der Waals surface area contributed by atoms with E-state index in [1.165, 1.54) is 0 Å². The van der Waals surface area contributed by atoms with E-state index in [-0.39, 0.29) is 11.8 Å². The standard InChI is InChI=1S/C10H20ClNO2/c1-4-5-10(3,14)7-12-9(13)8(2)6-11/h8,14H,4-7H2,1-3H3,(H,12,13). The van der Waals surface area contributed by atoms with E-state index in [2.05, 4.69) is 5.32 Å². The number of carbonyl (C=O) groups is 1. The van der Waals surface area contributed by atoms with Gasteiger partial charge in [-0.3, -0.25) is 4.79 Å². The van der Waals surface area contributed by atoms with Gasteiger partial charge in [0, 0.05) is 18.3 Å². The van der Waals surface area contributed by atoms with E-state index in [1.54, 1.807) is 13.8 Å². The Labute approximate surface area is 90.8 Å². The molecule has 0 aromatic carbocycles. The van der Waals surface area contributed by atoms with Gasteiger partial charge in [-0.25, -0.2) is 0 Å². The molecule has 0 rings (SSSR count). The summed E-state index contributed by atoms with van der Waals surface area (Å²) >= 11 is 5.53. The Morgan fingerprint density at radius 3 is 2.64 bits per heavy atom. The Hall–Kier alpha value is -0.280. The fourth-order valence-electron chi connectivity index (χ4n) is 1.15. The molecule has 0 fully saturated rings. The van der Waals surface area contributed by atoms with Gasteiger partial charge >= 0.3 is 0 Å². The van der Waals surface area contributed by atoms with Crippen LogP contribution in [0.5, 0.6) is 0 Å². The smallest absolute Gasteiger partial charge is 0.224 e. The van der Waals surface area contributed by atoms with E-state index in [4.69, 9.17) is 11.6 Å². The number of alkyl halides is 1. The zero-order valence-corrected chi connectivity index (χ0v) is 9.90. The average molecular weight is 222 g/mol. The first kappa shape index (κ1) is 13.7. The summed E-state index contributed by atoms with van der Waals surface area (Å²) in [5.74, 6) is 0.00681. The molecule has 0 radical (unpaired) electrons. The van der Waals surface area contributed by atoms with Gasteiger partial charge in [0.15, 0.2) is 0 Å². The van der Waals surface area contributed by atoms with E-state index in [0.717, 1.165) is 6.42 Å². The van der Waals surface area contributed by atoms with Crippen molar-refractivity contribution in [1.82, 2.24) is 5.32 Å². The molecule has 2 atom stereocenters. The molecular formula is C10H20ClNO2. The third-order valence-corrected chi connectivity index (χ3v) is 2.57. The van der Waals surface area contributed by atoms with E-state index in [1.807, 2.05) is 6.92 Å². The second-order valence-electron chi connectivity index (χ2n) is 4.02. The van der Waals surface area contributed by atoms with Crippen LogP contribution in [0, 0.1) is 5.92 Å². The van der Waals surface area contributed by atoms with Crippen molar-refractivity contribution >= 4 is 17.5 Å². The van der Waals surface area contributed by atoms with Crippen LogP contribution < -0.4 is 5.32 Å². The van der Waals surface area contributed by atoms with Crippen LogP contribution in [-0.4, -0.2) is 29.0 Å². The van der Waals surface area contributed by atoms with Crippen LogP contribution in [0.3, 0.4) is 0 Å². The lowest BCUT2D eigenvalue weighted by Crippen LogP contribution is -2.42. The van der Waals surface area contributed by atoms with Gasteiger partial charge in [0.05, 0.1) is 5.60 Å². The highest BCUT2D eigenvalue weighted by molar-refractivity contribution is 6.19. The molecule has 4 heteroatoms. The average Bonchev–Trinajstić information content (AvgIpc) is 2.13. The summed E-state index contributed by atoms with van der Waals surface area (Å²) in [6, 6.07) is 0. The summed E-state index contributed by atoms with van der Waals surface area (Å²) in [5.41, 5.74) is -0.809. The highest BCUT2D eigenvalue weighted by Crippen LogP contribution is 2.10. The maximum Gasteiger partial charge on any atom is 0.224 e. The zero-order valence-electron chi connectivity index (χ0n) is 9.14. The van der Waals surface area contributed by atoms with Crippen molar-refractivity contribution in [3.8, 4) is 0 Å². The molecule has 0 aliphatic heterocycles. The number of hydrogen-bond donors (Lipinski definition) is 2. The number of carbonyl (C=O) groups excluding carboxylic acids is 1. The first-order valence-corrected chi connectivity index (χ1v) is 5.52. The summed E-state index contributed by atoms with van der Waals surface area (Å²) in [4.78, 5) is 11.3. The SMILES string of the molecule is CCCC(C)(O)CNC(=O)C(C)CCl. The number of aliphatic hydroxyl groups is 1. The Morgan fingerprint density at radius 2 is 2.21 bits per heavy atom. The molecule has 0 saturated heterocycles. The predicted octanol–water partition coefficient (Wildman–Crippen LogP) is 1.53. The van der Waals surface area contributed by atoms with E-state index in [9.17, 15) is 9.90 Å². The van der Waals surface area contributed by atoms with Crippen molar-refractivity contribution in [2.45, 2.75) is 39.2 Å². The summed E-state index contributed by atoms with van der Waals surface area (Å²) in [5, 5.41) is 12.5. The maximum absolute atomic E-state index is 11.3. The second-order valence-corrected chi connectivity index (χ2v) is 4.33. The molecule has 0 spiro atoms. The monoisotopic (exact) mass is 221 g/mol. The zero-order chi connectivity index (χ0) is 11.2. The van der Waals surface area contributed by atoms with Gasteiger partial charge in [-0.1, -0.05) is 20.3 Å². The molecule has 2 unspecified atom stereocenters. The molecule has 0 bridgehead atoms. The third-order valence-electron chi connectivity index (χ3n) is 2.11. The fraction of sp³-hybridized carbons (Fsp3) is 0.900. The quantitative estimate of drug-likeness (QED) is 0.669. The topological polar surface area (TPSA) is 49.3 Å². The minimum absolute atomic E-state index is 0.101. The lowest BCUT2D eigenvalue weighted by atomic mass is 10.0. The first-order valence-electron chi connectivity index (χ1n) is 4.99. The molecule has 0 saturated carbocycles. The molecule has 0 aromatic heterocycles. The van der Waals surface area contributed by atoms with Crippen LogP contribution in [0.2, 0.25) is 0 Å². The molecule has 0 aromatic rings. The minimum Gasteiger partial charge on any atom is -0.388 e. The molecule has 0 heterocycles. The highest BCUT2D eigenvalue weighted by atomic mass is 35.5. The highest BCUT2D eigenvalue weighted by Gasteiger charge is 2.21. The maximum atomic E-state index is 11.3. The minimum atomic E-state index is -0.809. The first-order chi connectivity index (χ1) is 6.43. The van der Waals surface area contributed by atoms with Gasteiger partial charge in [0.25, 0.3) is 0 Å². The van der Waals surface area contributed by atoms with Crippen molar-refractivity contribution < 1.29 is 9.90 Å². The van der Waals surface area contributed by atoms with Gasteiger partial charge in [-0.15, -0.1) is 11.6 Å². The molecule has 84 valence electrons. The van der Waals surface area contributed by atoms with Gasteiger partial charge < -0.3 is 10.4 Å². The van der Waals surface area contributed by atoms with Crippen LogP contribution in [-0.2, 0) is 4.79 Å². The van der Waals surface area contributed by atoms with Crippen LogP contribution in [0.4, 0.5) is 0 Å². The van der Waals surface area contributed by atoms with Crippen LogP contribution >= 0.6 is 11.6 Å². The van der Waals surface area contributed by atoms with Crippen LogP contribution in [0.1, 0.15) is 33.6 Å². The van der Waals surface area contributed by atoms with Gasteiger partial charge in [-0.05, 0) is 13.3 Å². The summed E-state index contributed by atoms with van der Waals surface area (Å²) < 4.78 is 0. The third kappa shape index (κ3) is 5.45. The fourth-order valence-corrected chi connectivity index (χ4v) is 1.29. The van der Waals surface area contributed by atoms with Gasteiger partial charge in [0.1, 0.15) is 0 Å². The molecule has 0 aliphatic rings. The Balaban J connectivity index is 3.87. The van der Waals surface area contributed by atoms with Gasteiger partial charge in [0.2, 0.25) is 5.91 Å². The number of amides is 1. The Morgan fingerprint density at radius 1 is 1.64 bits per heavy atom. The van der Waals surface area contributed by atoms with Crippen molar-refractivity contribution in [1.29, 1.82) is 0 Å². The molecule has 1 amide bonds. The van der Waals surface area contributed by atoms with Crippen molar-refractivity contribution in [3.63, 3.8) is 0 Å². The van der Waals surface area contributed by atoms with Crippen molar-refractivity contribution in [2.75, 3.05) is 12.4 Å². The van der Waals surface area contributed by atoms with E-state index < -0.39 is 5.60 Å². The Kier molecular flexibility index (Phi) is 6.12. The van der Waals surface area contributed by atoms with E-state index >= 15 is 0 Å². The number of hydrogen-bond acceptors (Lipinski definition) is 2. The lowest BCUT2D eigenvalue weighted by Gasteiger charge is -2.23. The normalized spacial score (nSPS) is 17.2. The molecule has 0 aliphatic carbocycles. The van der Waals surface area contributed by atoms with Crippen LogP contribution in [0.15, 0.2) is 0 Å². The lowest BCUT2D eigenvalue weighted by molar-refractivity contribution is -0.125. The number of halogens is 1. The van der Waals surface area contributed by atoms with Crippen LogP contribution in [0.25, 0.3) is 0 Å². The molecule has 2 N–H and O–H groups in total. The molecule has 3 nitrogen and oxygen atoms in total. The number of nitrogens with one attached hydrogen (secondary N) is 1. The second kappa shape index (κ2) is 6.25. The largest absolute Gasteiger partial charge is 0.388 e. The van der Waals surface area contributed by atoms with Gasteiger partial charge in [-0.2, -0.15) is 0 Å². The number of rotatable bonds is 6. The van der Waals surface area contributed by atoms with E-state index in [0.29, 0.717) is 18.8 Å². The van der Waals surface area contributed by atoms with Crippen molar-refractivity contribution in [2.24, 2.45) is 5.92 Å². The summed E-state index contributed by atoms with van der Waals surface area (Å²) in [6.45, 7) is 5.78.